The number of halogens is 1. The first-order chi connectivity index (χ1) is 7.01. The van der Waals surface area contributed by atoms with Gasteiger partial charge in [0.05, 0.1) is 0 Å². The van der Waals surface area contributed by atoms with Gasteiger partial charge in [0.1, 0.15) is 0 Å². The first kappa shape index (κ1) is 15.7. The first-order valence-electron chi connectivity index (χ1n) is 6.00. The van der Waals surface area contributed by atoms with Crippen molar-refractivity contribution in [3.63, 3.8) is 0 Å². The lowest BCUT2D eigenvalue weighted by Gasteiger charge is -2.36. The molecule has 1 rings (SSSR count). The SMILES string of the molecule is CCC(C)(C)C(=O)N1CCC(CN)CC1.Cl. The van der Waals surface area contributed by atoms with Crippen LogP contribution in [0.25, 0.3) is 0 Å². The number of rotatable bonds is 3. The summed E-state index contributed by atoms with van der Waals surface area (Å²) in [4.78, 5) is 14.2. The Bertz CT molecular complexity index is 223. The number of likely N-dealkylation sites (tertiary alicyclic amines) is 1. The average Bonchev–Trinajstić information content (AvgIpc) is 2.28. The fourth-order valence-corrected chi connectivity index (χ4v) is 1.95. The minimum absolute atomic E-state index is 0. The number of carbonyl (C=O) groups is 1. The maximum absolute atomic E-state index is 12.1. The summed E-state index contributed by atoms with van der Waals surface area (Å²) in [6.45, 7) is 8.69. The molecule has 0 unspecified atom stereocenters. The van der Waals surface area contributed by atoms with Gasteiger partial charge in [0.2, 0.25) is 5.91 Å². The van der Waals surface area contributed by atoms with Crippen LogP contribution in [0.3, 0.4) is 0 Å². The topological polar surface area (TPSA) is 46.3 Å². The number of nitrogens with zero attached hydrogens (tertiary/aromatic N) is 1. The van der Waals surface area contributed by atoms with Crippen molar-refractivity contribution in [1.29, 1.82) is 0 Å². The van der Waals surface area contributed by atoms with E-state index in [0.717, 1.165) is 38.9 Å². The summed E-state index contributed by atoms with van der Waals surface area (Å²) < 4.78 is 0. The maximum Gasteiger partial charge on any atom is 0.228 e. The molecule has 1 fully saturated rings. The molecule has 96 valence electrons. The summed E-state index contributed by atoms with van der Waals surface area (Å²) in [6, 6.07) is 0. The van der Waals surface area contributed by atoms with Gasteiger partial charge < -0.3 is 10.6 Å². The molecule has 0 radical (unpaired) electrons. The van der Waals surface area contributed by atoms with Crippen molar-refractivity contribution in [3.05, 3.63) is 0 Å². The Morgan fingerprint density at radius 2 is 1.88 bits per heavy atom. The van der Waals surface area contributed by atoms with E-state index in [1.54, 1.807) is 0 Å². The second-order valence-corrected chi connectivity index (χ2v) is 5.21. The number of hydrogen-bond acceptors (Lipinski definition) is 2. The minimum atomic E-state index is -0.199. The van der Waals surface area contributed by atoms with Crippen molar-refractivity contribution in [2.24, 2.45) is 17.1 Å². The molecule has 2 N–H and O–H groups in total. The molecule has 0 aromatic heterocycles. The Hall–Kier alpha value is -0.280. The third-order valence-corrected chi connectivity index (χ3v) is 3.70. The van der Waals surface area contributed by atoms with Gasteiger partial charge in [-0.3, -0.25) is 4.79 Å². The Kier molecular flexibility index (Phi) is 6.34. The lowest BCUT2D eigenvalue weighted by molar-refractivity contribution is -0.141. The number of nitrogens with two attached hydrogens (primary N) is 1. The molecular weight excluding hydrogens is 224 g/mol. The van der Waals surface area contributed by atoms with Gasteiger partial charge in [0.15, 0.2) is 0 Å². The van der Waals surface area contributed by atoms with Gasteiger partial charge in [-0.2, -0.15) is 0 Å². The summed E-state index contributed by atoms with van der Waals surface area (Å²) in [7, 11) is 0. The molecule has 16 heavy (non-hydrogen) atoms. The second kappa shape index (κ2) is 6.45. The fourth-order valence-electron chi connectivity index (χ4n) is 1.95. The second-order valence-electron chi connectivity index (χ2n) is 5.21. The highest BCUT2D eigenvalue weighted by molar-refractivity contribution is 5.85. The summed E-state index contributed by atoms with van der Waals surface area (Å²) in [6.07, 6.45) is 3.05. The van der Waals surface area contributed by atoms with Crippen molar-refractivity contribution in [2.45, 2.75) is 40.0 Å². The molecule has 0 aromatic carbocycles. The zero-order valence-corrected chi connectivity index (χ0v) is 11.5. The third kappa shape index (κ3) is 3.63. The summed E-state index contributed by atoms with van der Waals surface area (Å²) >= 11 is 0. The van der Waals surface area contributed by atoms with E-state index in [4.69, 9.17) is 5.73 Å². The summed E-state index contributed by atoms with van der Waals surface area (Å²) in [5.41, 5.74) is 5.43. The molecule has 0 spiro atoms. The van der Waals surface area contributed by atoms with Crippen molar-refractivity contribution >= 4 is 18.3 Å². The van der Waals surface area contributed by atoms with Crippen LogP contribution in [-0.4, -0.2) is 30.4 Å². The van der Waals surface area contributed by atoms with Crippen LogP contribution < -0.4 is 5.73 Å². The van der Waals surface area contributed by atoms with Crippen LogP contribution in [0.1, 0.15) is 40.0 Å². The largest absolute Gasteiger partial charge is 0.342 e. The molecule has 0 saturated carbocycles. The monoisotopic (exact) mass is 248 g/mol. The van der Waals surface area contributed by atoms with Gasteiger partial charge in [-0.15, -0.1) is 12.4 Å². The van der Waals surface area contributed by atoms with Gasteiger partial charge in [-0.1, -0.05) is 20.8 Å². The van der Waals surface area contributed by atoms with E-state index >= 15 is 0 Å². The van der Waals surface area contributed by atoms with Gasteiger partial charge in [0, 0.05) is 18.5 Å². The Balaban J connectivity index is 0.00000225. The maximum atomic E-state index is 12.1. The highest BCUT2D eigenvalue weighted by Crippen LogP contribution is 2.26. The van der Waals surface area contributed by atoms with Crippen LogP contribution in [0.4, 0.5) is 0 Å². The zero-order valence-electron chi connectivity index (χ0n) is 10.7. The minimum Gasteiger partial charge on any atom is -0.342 e. The van der Waals surface area contributed by atoms with E-state index in [2.05, 4.69) is 6.92 Å². The van der Waals surface area contributed by atoms with Crippen molar-refractivity contribution in [3.8, 4) is 0 Å². The Morgan fingerprint density at radius 1 is 1.38 bits per heavy atom. The van der Waals surface area contributed by atoms with Crippen LogP contribution in [0, 0.1) is 11.3 Å². The zero-order chi connectivity index (χ0) is 11.5. The van der Waals surface area contributed by atoms with Crippen LogP contribution in [0.5, 0.6) is 0 Å². The average molecular weight is 249 g/mol. The number of amides is 1. The third-order valence-electron chi connectivity index (χ3n) is 3.70. The molecule has 0 bridgehead atoms. The molecule has 1 saturated heterocycles. The van der Waals surface area contributed by atoms with E-state index in [0.29, 0.717) is 11.8 Å². The molecule has 1 amide bonds. The van der Waals surface area contributed by atoms with E-state index in [9.17, 15) is 4.79 Å². The molecule has 4 heteroatoms. The van der Waals surface area contributed by atoms with E-state index in [1.165, 1.54) is 0 Å². The number of hydrogen-bond donors (Lipinski definition) is 1. The summed E-state index contributed by atoms with van der Waals surface area (Å²) in [5, 5.41) is 0. The molecule has 0 atom stereocenters. The molecule has 1 heterocycles. The fraction of sp³-hybridized carbons (Fsp3) is 0.917. The van der Waals surface area contributed by atoms with Gasteiger partial charge >= 0.3 is 0 Å². The summed E-state index contributed by atoms with van der Waals surface area (Å²) in [5.74, 6) is 0.930. The molecule has 0 aromatic rings. The highest BCUT2D eigenvalue weighted by Gasteiger charge is 2.32. The van der Waals surface area contributed by atoms with Crippen LogP contribution in [0.2, 0.25) is 0 Å². The van der Waals surface area contributed by atoms with E-state index in [1.807, 2.05) is 18.7 Å². The molecule has 1 aliphatic heterocycles. The van der Waals surface area contributed by atoms with Gasteiger partial charge in [-0.05, 0) is 31.7 Å². The normalized spacial score (nSPS) is 18.1. The molecule has 1 aliphatic rings. The van der Waals surface area contributed by atoms with E-state index < -0.39 is 0 Å². The van der Waals surface area contributed by atoms with Crippen LogP contribution in [-0.2, 0) is 4.79 Å². The van der Waals surface area contributed by atoms with E-state index in [-0.39, 0.29) is 17.8 Å². The standard InChI is InChI=1S/C12H24N2O.ClH/c1-4-12(2,3)11(15)14-7-5-10(9-13)6-8-14;/h10H,4-9,13H2,1-3H3;1H. The lowest BCUT2D eigenvalue weighted by Crippen LogP contribution is -2.45. The smallest absolute Gasteiger partial charge is 0.228 e. The van der Waals surface area contributed by atoms with Crippen molar-refractivity contribution < 1.29 is 4.79 Å². The predicted octanol–water partition coefficient (Wildman–Crippen LogP) is 2.04. The Labute approximate surface area is 105 Å². The van der Waals surface area contributed by atoms with Crippen LogP contribution >= 0.6 is 12.4 Å². The lowest BCUT2D eigenvalue weighted by atomic mass is 9.87. The van der Waals surface area contributed by atoms with Crippen molar-refractivity contribution in [2.75, 3.05) is 19.6 Å². The quantitative estimate of drug-likeness (QED) is 0.831. The molecular formula is C12H25ClN2O. The van der Waals surface area contributed by atoms with Crippen LogP contribution in [0.15, 0.2) is 0 Å². The number of carbonyl (C=O) groups excluding carboxylic acids is 1. The highest BCUT2D eigenvalue weighted by atomic mass is 35.5. The first-order valence-corrected chi connectivity index (χ1v) is 6.00. The number of piperidine rings is 1. The van der Waals surface area contributed by atoms with Crippen molar-refractivity contribution in [1.82, 2.24) is 4.90 Å². The molecule has 0 aliphatic carbocycles. The molecule has 3 nitrogen and oxygen atoms in total. The van der Waals surface area contributed by atoms with Gasteiger partial charge in [0.25, 0.3) is 0 Å². The van der Waals surface area contributed by atoms with Gasteiger partial charge in [-0.25, -0.2) is 0 Å². The predicted molar refractivity (Wildman–Crippen MR) is 69.7 cm³/mol. The Morgan fingerprint density at radius 3 is 2.25 bits per heavy atom.